The molecule has 1 fully saturated rings. The van der Waals surface area contributed by atoms with E-state index in [9.17, 15) is 4.79 Å². The molecule has 2 heterocycles. The predicted octanol–water partition coefficient (Wildman–Crippen LogP) is 0.310. The number of esters is 1. The van der Waals surface area contributed by atoms with Crippen molar-refractivity contribution in [2.24, 2.45) is 11.8 Å². The third-order valence-corrected chi connectivity index (χ3v) is 2.96. The highest BCUT2D eigenvalue weighted by atomic mass is 16.5. The molecule has 0 saturated carbocycles. The Morgan fingerprint density at radius 2 is 2.50 bits per heavy atom. The molecule has 6 heteroatoms. The van der Waals surface area contributed by atoms with Gasteiger partial charge in [-0.05, 0) is 5.92 Å². The van der Waals surface area contributed by atoms with Gasteiger partial charge in [0.15, 0.2) is 5.82 Å². The predicted molar refractivity (Wildman–Crippen MR) is 54.2 cm³/mol. The summed E-state index contributed by atoms with van der Waals surface area (Å²) in [7, 11) is 1.43. The van der Waals surface area contributed by atoms with Crippen LogP contribution >= 0.6 is 0 Å². The topological polar surface area (TPSA) is 68.5 Å². The van der Waals surface area contributed by atoms with Gasteiger partial charge in [-0.3, -0.25) is 9.69 Å². The normalized spacial score (nSPS) is 25.9. The summed E-state index contributed by atoms with van der Waals surface area (Å²) in [6.07, 6.45) is 1.31. The molecule has 1 aromatic heterocycles. The Bertz CT molecular complexity index is 352. The molecule has 1 saturated heterocycles. The fourth-order valence-corrected chi connectivity index (χ4v) is 2.12. The van der Waals surface area contributed by atoms with Crippen molar-refractivity contribution in [3.8, 4) is 0 Å². The van der Waals surface area contributed by atoms with Gasteiger partial charge in [0.2, 0.25) is 6.39 Å². The monoisotopic (exact) mass is 225 g/mol. The number of carbonyl (C=O) groups is 1. The van der Waals surface area contributed by atoms with E-state index in [1.54, 1.807) is 0 Å². The largest absolute Gasteiger partial charge is 0.469 e. The van der Waals surface area contributed by atoms with Crippen molar-refractivity contribution in [3.05, 3.63) is 12.2 Å². The second kappa shape index (κ2) is 4.61. The van der Waals surface area contributed by atoms with Crippen molar-refractivity contribution >= 4 is 5.97 Å². The fourth-order valence-electron chi connectivity index (χ4n) is 2.12. The summed E-state index contributed by atoms with van der Waals surface area (Å²) in [5, 5.41) is 3.75. The number of methoxy groups -OCH3 is 1. The van der Waals surface area contributed by atoms with Gasteiger partial charge < -0.3 is 9.26 Å². The lowest BCUT2D eigenvalue weighted by molar-refractivity contribution is -0.146. The molecule has 0 aromatic carbocycles. The average molecular weight is 225 g/mol. The van der Waals surface area contributed by atoms with Crippen molar-refractivity contribution < 1.29 is 14.1 Å². The van der Waals surface area contributed by atoms with E-state index in [1.165, 1.54) is 13.5 Å². The summed E-state index contributed by atoms with van der Waals surface area (Å²) in [6.45, 7) is 4.23. The van der Waals surface area contributed by atoms with E-state index in [-0.39, 0.29) is 11.9 Å². The van der Waals surface area contributed by atoms with E-state index in [0.717, 1.165) is 6.54 Å². The number of aromatic nitrogens is 2. The third-order valence-electron chi connectivity index (χ3n) is 2.96. The number of hydrogen-bond acceptors (Lipinski definition) is 6. The lowest BCUT2D eigenvalue weighted by Gasteiger charge is -2.12. The van der Waals surface area contributed by atoms with Crippen LogP contribution in [0.4, 0.5) is 0 Å². The van der Waals surface area contributed by atoms with Crippen LogP contribution in [0.1, 0.15) is 12.7 Å². The number of hydrogen-bond donors (Lipinski definition) is 0. The van der Waals surface area contributed by atoms with Gasteiger partial charge in [0.25, 0.3) is 0 Å². The number of likely N-dealkylation sites (tertiary alicyclic amines) is 1. The molecule has 2 unspecified atom stereocenters. The Morgan fingerprint density at radius 1 is 1.69 bits per heavy atom. The molecular weight excluding hydrogens is 210 g/mol. The first-order valence-electron chi connectivity index (χ1n) is 5.26. The highest BCUT2D eigenvalue weighted by molar-refractivity contribution is 5.73. The zero-order valence-electron chi connectivity index (χ0n) is 9.42. The SMILES string of the molecule is COC(=O)C1CN(Cc2ncon2)CC1C. The summed E-state index contributed by atoms with van der Waals surface area (Å²) in [4.78, 5) is 17.6. The van der Waals surface area contributed by atoms with E-state index in [4.69, 9.17) is 4.74 Å². The van der Waals surface area contributed by atoms with Crippen LogP contribution in [0.25, 0.3) is 0 Å². The summed E-state index contributed by atoms with van der Waals surface area (Å²) >= 11 is 0. The zero-order chi connectivity index (χ0) is 11.5. The smallest absolute Gasteiger partial charge is 0.310 e. The van der Waals surface area contributed by atoms with E-state index >= 15 is 0 Å². The molecule has 0 spiro atoms. The summed E-state index contributed by atoms with van der Waals surface area (Å²) in [5.74, 6) is 0.775. The number of nitrogens with zero attached hydrogens (tertiary/aromatic N) is 3. The van der Waals surface area contributed by atoms with Crippen molar-refractivity contribution in [1.82, 2.24) is 15.0 Å². The maximum absolute atomic E-state index is 11.5. The molecule has 0 aliphatic carbocycles. The summed E-state index contributed by atoms with van der Waals surface area (Å²) < 4.78 is 9.44. The number of rotatable bonds is 3. The molecule has 88 valence electrons. The summed E-state index contributed by atoms with van der Waals surface area (Å²) in [5.41, 5.74) is 0. The van der Waals surface area contributed by atoms with E-state index in [2.05, 4.69) is 26.5 Å². The van der Waals surface area contributed by atoms with E-state index < -0.39 is 0 Å². The molecule has 2 rings (SSSR count). The fraction of sp³-hybridized carbons (Fsp3) is 0.700. The van der Waals surface area contributed by atoms with Crippen LogP contribution < -0.4 is 0 Å². The van der Waals surface area contributed by atoms with Crippen LogP contribution in [0.2, 0.25) is 0 Å². The molecular formula is C10H15N3O3. The Morgan fingerprint density at radius 3 is 3.12 bits per heavy atom. The van der Waals surface area contributed by atoms with Gasteiger partial charge in [-0.1, -0.05) is 12.1 Å². The van der Waals surface area contributed by atoms with E-state index in [1.807, 2.05) is 0 Å². The highest BCUT2D eigenvalue weighted by Gasteiger charge is 2.35. The number of ether oxygens (including phenoxy) is 1. The zero-order valence-corrected chi connectivity index (χ0v) is 9.42. The minimum atomic E-state index is -0.136. The van der Waals surface area contributed by atoms with Crippen molar-refractivity contribution in [2.75, 3.05) is 20.2 Å². The Kier molecular flexibility index (Phi) is 3.19. The second-order valence-electron chi connectivity index (χ2n) is 4.15. The lowest BCUT2D eigenvalue weighted by Crippen LogP contribution is -2.24. The van der Waals surface area contributed by atoms with Crippen LogP contribution in [0.3, 0.4) is 0 Å². The minimum Gasteiger partial charge on any atom is -0.469 e. The van der Waals surface area contributed by atoms with Gasteiger partial charge >= 0.3 is 5.97 Å². The third kappa shape index (κ3) is 2.21. The first kappa shape index (κ1) is 11.1. The highest BCUT2D eigenvalue weighted by Crippen LogP contribution is 2.24. The van der Waals surface area contributed by atoms with E-state index in [0.29, 0.717) is 24.8 Å². The van der Waals surface area contributed by atoms with Crippen molar-refractivity contribution in [1.29, 1.82) is 0 Å². The van der Waals surface area contributed by atoms with Crippen LogP contribution in [0.15, 0.2) is 10.9 Å². The van der Waals surface area contributed by atoms with Gasteiger partial charge in [-0.15, -0.1) is 0 Å². The molecule has 1 aliphatic rings. The van der Waals surface area contributed by atoms with Gasteiger partial charge in [-0.2, -0.15) is 4.98 Å². The second-order valence-corrected chi connectivity index (χ2v) is 4.15. The van der Waals surface area contributed by atoms with Gasteiger partial charge in [-0.25, -0.2) is 0 Å². The van der Waals surface area contributed by atoms with Crippen LogP contribution in [0, 0.1) is 11.8 Å². The standard InChI is InChI=1S/C10H15N3O3/c1-7-3-13(4-8(7)10(14)15-2)5-9-11-6-16-12-9/h6-8H,3-5H2,1-2H3. The molecule has 1 aromatic rings. The van der Waals surface area contributed by atoms with Gasteiger partial charge in [0.1, 0.15) is 0 Å². The molecule has 16 heavy (non-hydrogen) atoms. The van der Waals surface area contributed by atoms with Crippen LogP contribution in [-0.4, -0.2) is 41.2 Å². The van der Waals surface area contributed by atoms with Crippen molar-refractivity contribution in [2.45, 2.75) is 13.5 Å². The molecule has 2 atom stereocenters. The Hall–Kier alpha value is -1.43. The molecule has 0 amide bonds. The maximum Gasteiger partial charge on any atom is 0.310 e. The molecule has 0 N–H and O–H groups in total. The first-order chi connectivity index (χ1) is 7.70. The van der Waals surface area contributed by atoms with Gasteiger partial charge in [0, 0.05) is 13.1 Å². The van der Waals surface area contributed by atoms with Gasteiger partial charge in [0.05, 0.1) is 19.6 Å². The number of carbonyl (C=O) groups excluding carboxylic acids is 1. The molecule has 1 aliphatic heterocycles. The minimum absolute atomic E-state index is 0.0445. The Balaban J connectivity index is 1.93. The van der Waals surface area contributed by atoms with Crippen LogP contribution in [-0.2, 0) is 16.1 Å². The molecule has 0 bridgehead atoms. The maximum atomic E-state index is 11.5. The Labute approximate surface area is 93.6 Å². The summed E-state index contributed by atoms with van der Waals surface area (Å²) in [6, 6.07) is 0. The average Bonchev–Trinajstić information content (AvgIpc) is 2.88. The quantitative estimate of drug-likeness (QED) is 0.690. The lowest BCUT2D eigenvalue weighted by atomic mass is 9.99. The molecule has 0 radical (unpaired) electrons. The molecule has 6 nitrogen and oxygen atoms in total. The van der Waals surface area contributed by atoms with Crippen molar-refractivity contribution in [3.63, 3.8) is 0 Å². The first-order valence-corrected chi connectivity index (χ1v) is 5.26. The van der Waals surface area contributed by atoms with Crippen LogP contribution in [0.5, 0.6) is 0 Å².